The quantitative estimate of drug-likeness (QED) is 0.764. The van der Waals surface area contributed by atoms with E-state index in [0.717, 1.165) is 0 Å². The second-order valence-electron chi connectivity index (χ2n) is 4.11. The molecule has 0 aliphatic heterocycles. The van der Waals surface area contributed by atoms with Crippen LogP contribution in [0.2, 0.25) is 0 Å². The van der Waals surface area contributed by atoms with E-state index >= 15 is 0 Å². The zero-order valence-corrected chi connectivity index (χ0v) is 11.5. The van der Waals surface area contributed by atoms with Crippen molar-refractivity contribution in [1.29, 1.82) is 5.26 Å². The van der Waals surface area contributed by atoms with Gasteiger partial charge in [0, 0.05) is 24.9 Å². The van der Waals surface area contributed by atoms with Crippen LogP contribution in [-0.4, -0.2) is 32.1 Å². The molecule has 0 saturated carbocycles. The number of benzene rings is 1. The van der Waals surface area contributed by atoms with Crippen LogP contribution in [0.1, 0.15) is 22.3 Å². The monoisotopic (exact) mass is 275 g/mol. The third kappa shape index (κ3) is 4.37. The molecule has 1 rings (SSSR count). The van der Waals surface area contributed by atoms with Gasteiger partial charge in [-0.1, -0.05) is 6.07 Å². The third-order valence-corrected chi connectivity index (χ3v) is 2.68. The van der Waals surface area contributed by atoms with E-state index in [1.807, 2.05) is 0 Å². The number of hydrogen-bond acceptors (Lipinski definition) is 4. The van der Waals surface area contributed by atoms with Crippen LogP contribution in [0.3, 0.4) is 0 Å². The number of hydrogen-bond donors (Lipinski definition) is 2. The third-order valence-electron chi connectivity index (χ3n) is 2.68. The zero-order chi connectivity index (χ0) is 15.0. The van der Waals surface area contributed by atoms with E-state index < -0.39 is 5.91 Å². The number of ether oxygens (including phenoxy) is 1. The average molecular weight is 275 g/mol. The predicted octanol–water partition coefficient (Wildman–Crippen LogP) is 1.22. The summed E-state index contributed by atoms with van der Waals surface area (Å²) in [6.07, 6.45) is -0.219. The van der Waals surface area contributed by atoms with E-state index in [4.69, 9.17) is 10.00 Å². The molecular weight excluding hydrogens is 258 g/mol. The number of carbonyl (C=O) groups is 2. The summed E-state index contributed by atoms with van der Waals surface area (Å²) in [4.78, 5) is 23.4. The molecule has 2 amide bonds. The topological polar surface area (TPSA) is 91.2 Å². The van der Waals surface area contributed by atoms with Crippen LogP contribution >= 0.6 is 0 Å². The maximum absolute atomic E-state index is 12.0. The Bertz CT molecular complexity index is 535. The van der Waals surface area contributed by atoms with Gasteiger partial charge in [-0.05, 0) is 24.6 Å². The van der Waals surface area contributed by atoms with Crippen molar-refractivity contribution in [3.05, 3.63) is 29.3 Å². The molecule has 0 spiro atoms. The highest BCUT2D eigenvalue weighted by Gasteiger charge is 2.12. The summed E-state index contributed by atoms with van der Waals surface area (Å²) in [7, 11) is 1.56. The Kier molecular flexibility index (Phi) is 6.20. The van der Waals surface area contributed by atoms with Crippen molar-refractivity contribution >= 4 is 17.5 Å². The Morgan fingerprint density at radius 1 is 1.40 bits per heavy atom. The molecule has 0 radical (unpaired) electrons. The molecule has 0 heterocycles. The number of amides is 2. The van der Waals surface area contributed by atoms with E-state index in [1.165, 1.54) is 0 Å². The fourth-order valence-corrected chi connectivity index (χ4v) is 1.65. The Balaban J connectivity index is 2.81. The van der Waals surface area contributed by atoms with Gasteiger partial charge in [-0.15, -0.1) is 0 Å². The van der Waals surface area contributed by atoms with Gasteiger partial charge in [-0.3, -0.25) is 9.59 Å². The smallest absolute Gasteiger partial charge is 0.251 e. The van der Waals surface area contributed by atoms with E-state index in [1.54, 1.807) is 38.3 Å². The molecule has 0 atom stereocenters. The minimum atomic E-state index is -0.396. The molecule has 2 N–H and O–H groups in total. The van der Waals surface area contributed by atoms with Crippen molar-refractivity contribution in [3.63, 3.8) is 0 Å². The maximum atomic E-state index is 12.0. The molecule has 0 aliphatic rings. The standard InChI is InChI=1S/C14H17N3O3/c1-10-11(14(19)16-8-9-20-2)4-3-5-12(10)17-13(18)6-7-15/h3-5H,6,8-9H2,1-2H3,(H,16,19)(H,17,18). The Morgan fingerprint density at radius 2 is 2.15 bits per heavy atom. The van der Waals surface area contributed by atoms with Crippen LogP contribution in [0.5, 0.6) is 0 Å². The second kappa shape index (κ2) is 7.92. The zero-order valence-electron chi connectivity index (χ0n) is 11.5. The SMILES string of the molecule is COCCNC(=O)c1cccc(NC(=O)CC#N)c1C. The molecule has 0 fully saturated rings. The van der Waals surface area contributed by atoms with Gasteiger partial charge in [0.05, 0.1) is 12.7 Å². The predicted molar refractivity (Wildman–Crippen MR) is 74.2 cm³/mol. The first-order chi connectivity index (χ1) is 9.60. The van der Waals surface area contributed by atoms with E-state index in [0.29, 0.717) is 30.0 Å². The van der Waals surface area contributed by atoms with Gasteiger partial charge in [0.25, 0.3) is 5.91 Å². The lowest BCUT2D eigenvalue weighted by atomic mass is 10.1. The van der Waals surface area contributed by atoms with Crippen LogP contribution in [0.15, 0.2) is 18.2 Å². The number of nitrogens with one attached hydrogen (secondary N) is 2. The van der Waals surface area contributed by atoms with Crippen LogP contribution < -0.4 is 10.6 Å². The van der Waals surface area contributed by atoms with Crippen LogP contribution in [-0.2, 0) is 9.53 Å². The molecule has 106 valence electrons. The highest BCUT2D eigenvalue weighted by molar-refractivity contribution is 5.99. The van der Waals surface area contributed by atoms with E-state index in [9.17, 15) is 9.59 Å². The number of nitrogens with zero attached hydrogens (tertiary/aromatic N) is 1. The molecular formula is C14H17N3O3. The van der Waals surface area contributed by atoms with Gasteiger partial charge in [0.1, 0.15) is 6.42 Å². The van der Waals surface area contributed by atoms with Gasteiger partial charge in [0.2, 0.25) is 5.91 Å². The molecule has 0 aromatic heterocycles. The summed E-state index contributed by atoms with van der Waals surface area (Å²) in [5.74, 6) is -0.622. The Morgan fingerprint density at radius 3 is 2.80 bits per heavy atom. The lowest BCUT2D eigenvalue weighted by Gasteiger charge is -2.12. The second-order valence-corrected chi connectivity index (χ2v) is 4.11. The Labute approximate surface area is 117 Å². The van der Waals surface area contributed by atoms with Crippen molar-refractivity contribution in [2.24, 2.45) is 0 Å². The molecule has 6 heteroatoms. The molecule has 20 heavy (non-hydrogen) atoms. The average Bonchev–Trinajstić information content (AvgIpc) is 2.41. The van der Waals surface area contributed by atoms with Crippen molar-refractivity contribution in [2.45, 2.75) is 13.3 Å². The summed E-state index contributed by atoms with van der Waals surface area (Å²) >= 11 is 0. The lowest BCUT2D eigenvalue weighted by molar-refractivity contribution is -0.115. The van der Waals surface area contributed by atoms with Crippen LogP contribution in [0.25, 0.3) is 0 Å². The first-order valence-corrected chi connectivity index (χ1v) is 6.13. The highest BCUT2D eigenvalue weighted by atomic mass is 16.5. The first kappa shape index (κ1) is 15.7. The number of anilines is 1. The van der Waals surface area contributed by atoms with Crippen molar-refractivity contribution in [3.8, 4) is 6.07 Å². The van der Waals surface area contributed by atoms with Crippen LogP contribution in [0.4, 0.5) is 5.69 Å². The summed E-state index contributed by atoms with van der Waals surface area (Å²) < 4.78 is 4.86. The number of nitriles is 1. The summed E-state index contributed by atoms with van der Waals surface area (Å²) in [5, 5.41) is 13.8. The normalized spacial score (nSPS) is 9.65. The fraction of sp³-hybridized carbons (Fsp3) is 0.357. The van der Waals surface area contributed by atoms with Crippen molar-refractivity contribution in [1.82, 2.24) is 5.32 Å². The molecule has 6 nitrogen and oxygen atoms in total. The van der Waals surface area contributed by atoms with Gasteiger partial charge >= 0.3 is 0 Å². The Hall–Kier alpha value is -2.39. The van der Waals surface area contributed by atoms with E-state index in [2.05, 4.69) is 10.6 Å². The number of carbonyl (C=O) groups excluding carboxylic acids is 2. The molecule has 0 aliphatic carbocycles. The minimum absolute atomic E-state index is 0.219. The van der Waals surface area contributed by atoms with Gasteiger partial charge < -0.3 is 15.4 Å². The highest BCUT2D eigenvalue weighted by Crippen LogP contribution is 2.19. The van der Waals surface area contributed by atoms with Crippen LogP contribution in [0, 0.1) is 18.3 Å². The molecule has 1 aromatic rings. The summed E-state index contributed by atoms with van der Waals surface area (Å²) in [6.45, 7) is 2.59. The van der Waals surface area contributed by atoms with Crippen molar-refractivity contribution < 1.29 is 14.3 Å². The number of rotatable bonds is 6. The van der Waals surface area contributed by atoms with Gasteiger partial charge in [0.15, 0.2) is 0 Å². The summed E-state index contributed by atoms with van der Waals surface area (Å²) in [6, 6.07) is 6.82. The lowest BCUT2D eigenvalue weighted by Crippen LogP contribution is -2.27. The fourth-order valence-electron chi connectivity index (χ4n) is 1.65. The molecule has 0 unspecified atom stereocenters. The summed E-state index contributed by atoms with van der Waals surface area (Å²) in [5.41, 5.74) is 1.68. The van der Waals surface area contributed by atoms with Gasteiger partial charge in [-0.2, -0.15) is 5.26 Å². The molecule has 0 bridgehead atoms. The number of methoxy groups -OCH3 is 1. The molecule has 0 saturated heterocycles. The molecule has 1 aromatic carbocycles. The first-order valence-electron chi connectivity index (χ1n) is 6.13. The van der Waals surface area contributed by atoms with E-state index in [-0.39, 0.29) is 12.3 Å². The van der Waals surface area contributed by atoms with Gasteiger partial charge in [-0.25, -0.2) is 0 Å². The maximum Gasteiger partial charge on any atom is 0.251 e. The largest absolute Gasteiger partial charge is 0.383 e. The minimum Gasteiger partial charge on any atom is -0.383 e. The van der Waals surface area contributed by atoms with Crippen molar-refractivity contribution in [2.75, 3.05) is 25.6 Å².